The van der Waals surface area contributed by atoms with Crippen LogP contribution in [-0.2, 0) is 6.42 Å². The Morgan fingerprint density at radius 1 is 1.39 bits per heavy atom. The molecule has 2 aliphatic rings. The lowest BCUT2D eigenvalue weighted by molar-refractivity contribution is -0.00119. The smallest absolute Gasteiger partial charge is 0.142 e. The second kappa shape index (κ2) is 4.47. The molecule has 3 nitrogen and oxygen atoms in total. The molecular weight excluding hydrogens is 224 g/mol. The van der Waals surface area contributed by atoms with E-state index in [4.69, 9.17) is 4.74 Å². The number of likely N-dealkylation sites (tertiary alicyclic amines) is 1. The predicted molar refractivity (Wildman–Crippen MR) is 74.4 cm³/mol. The van der Waals surface area contributed by atoms with Crippen molar-refractivity contribution in [3.63, 3.8) is 0 Å². The first kappa shape index (κ1) is 11.8. The van der Waals surface area contributed by atoms with Gasteiger partial charge in [0.15, 0.2) is 0 Å². The Morgan fingerprint density at radius 2 is 2.22 bits per heavy atom. The van der Waals surface area contributed by atoms with Gasteiger partial charge in [0.1, 0.15) is 5.75 Å². The van der Waals surface area contributed by atoms with Crippen LogP contribution in [0.15, 0.2) is 18.2 Å². The van der Waals surface area contributed by atoms with Crippen molar-refractivity contribution in [2.75, 3.05) is 38.6 Å². The summed E-state index contributed by atoms with van der Waals surface area (Å²) in [5, 5.41) is 3.48. The molecule has 0 aromatic heterocycles. The SMILES string of the molecule is CN1CC(C)(COc2cccc3c2NCCC3)C1. The molecule has 0 unspecified atom stereocenters. The molecule has 1 fully saturated rings. The molecule has 18 heavy (non-hydrogen) atoms. The van der Waals surface area contributed by atoms with E-state index < -0.39 is 0 Å². The Hall–Kier alpha value is -1.22. The van der Waals surface area contributed by atoms with Crippen LogP contribution in [0.4, 0.5) is 5.69 Å². The highest BCUT2D eigenvalue weighted by atomic mass is 16.5. The molecule has 1 saturated heterocycles. The number of rotatable bonds is 3. The van der Waals surface area contributed by atoms with Gasteiger partial charge in [-0.05, 0) is 31.5 Å². The molecule has 0 atom stereocenters. The standard InChI is InChI=1S/C15H22N2O/c1-15(9-17(2)10-15)11-18-13-7-3-5-12-6-4-8-16-14(12)13/h3,5,7,16H,4,6,8-11H2,1-2H3. The van der Waals surface area contributed by atoms with Crippen molar-refractivity contribution in [3.8, 4) is 5.75 Å². The van der Waals surface area contributed by atoms with Crippen LogP contribution in [0.5, 0.6) is 5.75 Å². The quantitative estimate of drug-likeness (QED) is 0.886. The van der Waals surface area contributed by atoms with E-state index in [0.29, 0.717) is 5.41 Å². The number of para-hydroxylation sites is 1. The number of hydrogen-bond donors (Lipinski definition) is 1. The highest BCUT2D eigenvalue weighted by Crippen LogP contribution is 2.35. The summed E-state index contributed by atoms with van der Waals surface area (Å²) >= 11 is 0. The third-order valence-corrected chi connectivity index (χ3v) is 3.92. The zero-order valence-corrected chi connectivity index (χ0v) is 11.3. The molecule has 0 radical (unpaired) electrons. The summed E-state index contributed by atoms with van der Waals surface area (Å²) < 4.78 is 6.07. The second-order valence-electron chi connectivity index (χ2n) is 6.09. The van der Waals surface area contributed by atoms with Crippen LogP contribution in [0, 0.1) is 5.41 Å². The van der Waals surface area contributed by atoms with Crippen molar-refractivity contribution in [3.05, 3.63) is 23.8 Å². The number of ether oxygens (including phenoxy) is 1. The van der Waals surface area contributed by atoms with Gasteiger partial charge in [-0.2, -0.15) is 0 Å². The molecule has 0 saturated carbocycles. The molecule has 1 aromatic carbocycles. The van der Waals surface area contributed by atoms with E-state index in [9.17, 15) is 0 Å². The van der Waals surface area contributed by atoms with Gasteiger partial charge < -0.3 is 15.0 Å². The highest BCUT2D eigenvalue weighted by Gasteiger charge is 2.37. The van der Waals surface area contributed by atoms with Crippen molar-refractivity contribution >= 4 is 5.69 Å². The van der Waals surface area contributed by atoms with Gasteiger partial charge in [0.2, 0.25) is 0 Å². The molecule has 98 valence electrons. The van der Waals surface area contributed by atoms with Gasteiger partial charge in [-0.25, -0.2) is 0 Å². The topological polar surface area (TPSA) is 24.5 Å². The Balaban J connectivity index is 1.69. The van der Waals surface area contributed by atoms with E-state index in [2.05, 4.69) is 42.4 Å². The maximum absolute atomic E-state index is 6.07. The Bertz CT molecular complexity index is 438. The van der Waals surface area contributed by atoms with Gasteiger partial charge in [-0.3, -0.25) is 0 Å². The summed E-state index contributed by atoms with van der Waals surface area (Å²) in [6, 6.07) is 6.40. The number of anilines is 1. The number of nitrogens with one attached hydrogen (secondary N) is 1. The largest absolute Gasteiger partial charge is 0.491 e. The number of aryl methyl sites for hydroxylation is 1. The number of nitrogens with zero attached hydrogens (tertiary/aromatic N) is 1. The minimum absolute atomic E-state index is 0.326. The minimum Gasteiger partial charge on any atom is -0.491 e. The van der Waals surface area contributed by atoms with Crippen molar-refractivity contribution in [2.45, 2.75) is 19.8 Å². The second-order valence-corrected chi connectivity index (χ2v) is 6.09. The molecule has 1 aromatic rings. The number of fused-ring (bicyclic) bond motifs is 1. The van der Waals surface area contributed by atoms with Gasteiger partial charge in [0.25, 0.3) is 0 Å². The van der Waals surface area contributed by atoms with E-state index in [1.165, 1.54) is 24.1 Å². The van der Waals surface area contributed by atoms with Gasteiger partial charge in [0.05, 0.1) is 12.3 Å². The maximum Gasteiger partial charge on any atom is 0.142 e. The van der Waals surface area contributed by atoms with Gasteiger partial charge in [-0.15, -0.1) is 0 Å². The summed E-state index contributed by atoms with van der Waals surface area (Å²) in [5.41, 5.74) is 2.95. The lowest BCUT2D eigenvalue weighted by Gasteiger charge is -2.45. The van der Waals surface area contributed by atoms with E-state index >= 15 is 0 Å². The van der Waals surface area contributed by atoms with E-state index in [0.717, 1.165) is 32.0 Å². The molecule has 0 amide bonds. The van der Waals surface area contributed by atoms with Crippen LogP contribution in [-0.4, -0.2) is 38.2 Å². The molecule has 2 aliphatic heterocycles. The van der Waals surface area contributed by atoms with Crippen LogP contribution in [0.3, 0.4) is 0 Å². The fourth-order valence-corrected chi connectivity index (χ4v) is 3.20. The fourth-order valence-electron chi connectivity index (χ4n) is 3.20. The summed E-state index contributed by atoms with van der Waals surface area (Å²) in [6.07, 6.45) is 2.39. The van der Waals surface area contributed by atoms with E-state index in [-0.39, 0.29) is 0 Å². The molecule has 0 bridgehead atoms. The van der Waals surface area contributed by atoms with Crippen LogP contribution in [0.1, 0.15) is 18.9 Å². The lowest BCUT2D eigenvalue weighted by atomic mass is 9.83. The molecule has 3 rings (SSSR count). The lowest BCUT2D eigenvalue weighted by Crippen LogP contribution is -2.55. The minimum atomic E-state index is 0.326. The predicted octanol–water partition coefficient (Wildman–Crippen LogP) is 2.38. The molecule has 1 N–H and O–H groups in total. The fraction of sp³-hybridized carbons (Fsp3) is 0.600. The van der Waals surface area contributed by atoms with Crippen molar-refractivity contribution in [1.82, 2.24) is 4.90 Å². The third-order valence-electron chi connectivity index (χ3n) is 3.92. The number of benzene rings is 1. The average molecular weight is 246 g/mol. The van der Waals surface area contributed by atoms with Crippen LogP contribution in [0.2, 0.25) is 0 Å². The van der Waals surface area contributed by atoms with Gasteiger partial charge >= 0.3 is 0 Å². The molecule has 0 aliphatic carbocycles. The number of hydrogen-bond acceptors (Lipinski definition) is 3. The molecule has 0 spiro atoms. The van der Waals surface area contributed by atoms with Crippen molar-refractivity contribution in [2.24, 2.45) is 5.41 Å². The summed E-state index contributed by atoms with van der Waals surface area (Å²) in [6.45, 7) is 6.45. The zero-order valence-electron chi connectivity index (χ0n) is 11.3. The summed E-state index contributed by atoms with van der Waals surface area (Å²) in [7, 11) is 2.16. The Morgan fingerprint density at radius 3 is 3.00 bits per heavy atom. The van der Waals surface area contributed by atoms with Crippen LogP contribution >= 0.6 is 0 Å². The first-order chi connectivity index (χ1) is 8.66. The Kier molecular flexibility index (Phi) is 2.94. The first-order valence-corrected chi connectivity index (χ1v) is 6.83. The monoisotopic (exact) mass is 246 g/mol. The highest BCUT2D eigenvalue weighted by molar-refractivity contribution is 5.63. The molecule has 2 heterocycles. The Labute approximate surface area is 109 Å². The maximum atomic E-state index is 6.07. The zero-order chi connectivity index (χ0) is 12.6. The van der Waals surface area contributed by atoms with Gasteiger partial charge in [0, 0.05) is 25.0 Å². The first-order valence-electron chi connectivity index (χ1n) is 6.83. The van der Waals surface area contributed by atoms with E-state index in [1.807, 2.05) is 0 Å². The molecular formula is C15H22N2O. The van der Waals surface area contributed by atoms with Gasteiger partial charge in [-0.1, -0.05) is 19.1 Å². The average Bonchev–Trinajstić information content (AvgIpc) is 2.35. The summed E-state index contributed by atoms with van der Waals surface area (Å²) in [4.78, 5) is 2.34. The van der Waals surface area contributed by atoms with Crippen molar-refractivity contribution in [1.29, 1.82) is 0 Å². The third kappa shape index (κ3) is 2.19. The van der Waals surface area contributed by atoms with Crippen LogP contribution in [0.25, 0.3) is 0 Å². The van der Waals surface area contributed by atoms with E-state index in [1.54, 1.807) is 0 Å². The molecule has 3 heteroatoms. The summed E-state index contributed by atoms with van der Waals surface area (Å²) in [5.74, 6) is 1.03. The van der Waals surface area contributed by atoms with Crippen LogP contribution < -0.4 is 10.1 Å². The normalized spacial score (nSPS) is 21.7. The van der Waals surface area contributed by atoms with Crippen molar-refractivity contribution < 1.29 is 4.74 Å².